The van der Waals surface area contributed by atoms with E-state index in [1.54, 1.807) is 12.1 Å². The Morgan fingerprint density at radius 1 is 1.23 bits per heavy atom. The summed E-state index contributed by atoms with van der Waals surface area (Å²) in [6.07, 6.45) is 3.86. The molecule has 2 aromatic rings. The second kappa shape index (κ2) is 8.39. The van der Waals surface area contributed by atoms with Crippen LogP contribution >= 0.6 is 0 Å². The van der Waals surface area contributed by atoms with Crippen LogP contribution in [0.3, 0.4) is 0 Å². The van der Waals surface area contributed by atoms with Crippen LogP contribution in [0.25, 0.3) is 11.1 Å². The number of nitrogens with two attached hydrogens (primary N) is 1. The number of hydrogen-bond acceptors (Lipinski definition) is 6. The lowest BCUT2D eigenvalue weighted by Crippen LogP contribution is -2.46. The van der Waals surface area contributed by atoms with E-state index >= 15 is 0 Å². The first-order chi connectivity index (χ1) is 14.4. The van der Waals surface area contributed by atoms with Crippen LogP contribution in [-0.4, -0.2) is 78.4 Å². The molecule has 8 nitrogen and oxygen atoms in total. The Hall–Kier alpha value is -3.00. The number of amides is 2. The van der Waals surface area contributed by atoms with Gasteiger partial charge in [-0.2, -0.15) is 0 Å². The zero-order chi connectivity index (χ0) is 21.3. The predicted molar refractivity (Wildman–Crippen MR) is 115 cm³/mol. The number of aromatic nitrogens is 2. The highest BCUT2D eigenvalue weighted by Crippen LogP contribution is 2.34. The summed E-state index contributed by atoms with van der Waals surface area (Å²) in [6, 6.07) is 7.27. The Labute approximate surface area is 176 Å². The summed E-state index contributed by atoms with van der Waals surface area (Å²) in [5, 5.41) is 0. The van der Waals surface area contributed by atoms with Crippen LogP contribution in [0, 0.1) is 0 Å². The van der Waals surface area contributed by atoms with E-state index in [1.165, 1.54) is 0 Å². The van der Waals surface area contributed by atoms with E-state index in [0.29, 0.717) is 18.1 Å². The highest BCUT2D eigenvalue weighted by molar-refractivity contribution is 5.94. The molecular weight excluding hydrogens is 380 g/mol. The number of primary amides is 1. The SMILES string of the molecule is CN(C)c1ncc(-c2cccc(C(N)=O)c2)c(C2CCN(CC(=O)N3CCC3)C2)n1. The third-order valence-electron chi connectivity index (χ3n) is 5.89. The Bertz CT molecular complexity index is 956. The van der Waals surface area contributed by atoms with E-state index in [2.05, 4.69) is 9.88 Å². The Morgan fingerprint density at radius 3 is 2.70 bits per heavy atom. The van der Waals surface area contributed by atoms with Crippen LogP contribution in [0.4, 0.5) is 5.95 Å². The molecule has 1 aromatic heterocycles. The Kier molecular flexibility index (Phi) is 5.67. The van der Waals surface area contributed by atoms with Gasteiger partial charge in [-0.3, -0.25) is 14.5 Å². The zero-order valence-electron chi connectivity index (χ0n) is 17.5. The molecule has 2 saturated heterocycles. The average Bonchev–Trinajstić information content (AvgIpc) is 3.14. The fraction of sp³-hybridized carbons (Fsp3) is 0.455. The lowest BCUT2D eigenvalue weighted by Gasteiger charge is -2.32. The molecule has 0 saturated carbocycles. The van der Waals surface area contributed by atoms with E-state index in [0.717, 1.165) is 55.8 Å². The van der Waals surface area contributed by atoms with Gasteiger partial charge in [0.15, 0.2) is 0 Å². The molecule has 2 amide bonds. The molecule has 1 aromatic carbocycles. The van der Waals surface area contributed by atoms with Gasteiger partial charge in [-0.1, -0.05) is 12.1 Å². The Morgan fingerprint density at radius 2 is 2.03 bits per heavy atom. The summed E-state index contributed by atoms with van der Waals surface area (Å²) < 4.78 is 0. The maximum Gasteiger partial charge on any atom is 0.248 e. The molecule has 0 aliphatic carbocycles. The molecule has 3 heterocycles. The molecule has 2 N–H and O–H groups in total. The summed E-state index contributed by atoms with van der Waals surface area (Å²) >= 11 is 0. The van der Waals surface area contributed by atoms with Crippen LogP contribution in [0.5, 0.6) is 0 Å². The minimum Gasteiger partial charge on any atom is -0.366 e. The molecule has 4 rings (SSSR count). The van der Waals surface area contributed by atoms with E-state index in [1.807, 2.05) is 42.2 Å². The molecule has 0 spiro atoms. The Balaban J connectivity index is 1.61. The van der Waals surface area contributed by atoms with Gasteiger partial charge in [0.2, 0.25) is 17.8 Å². The van der Waals surface area contributed by atoms with Crippen molar-refractivity contribution in [1.82, 2.24) is 19.8 Å². The van der Waals surface area contributed by atoms with Crippen LogP contribution in [0.15, 0.2) is 30.5 Å². The van der Waals surface area contributed by atoms with Gasteiger partial charge < -0.3 is 15.5 Å². The number of hydrogen-bond donors (Lipinski definition) is 1. The normalized spacial score (nSPS) is 18.9. The number of benzene rings is 1. The first kappa shape index (κ1) is 20.3. The van der Waals surface area contributed by atoms with Gasteiger partial charge in [-0.05, 0) is 37.1 Å². The van der Waals surface area contributed by atoms with E-state index < -0.39 is 5.91 Å². The molecular formula is C22H28N6O2. The first-order valence-corrected chi connectivity index (χ1v) is 10.4. The second-order valence-corrected chi connectivity index (χ2v) is 8.26. The average molecular weight is 409 g/mol. The van der Waals surface area contributed by atoms with Crippen molar-refractivity contribution in [2.24, 2.45) is 5.73 Å². The quantitative estimate of drug-likeness (QED) is 0.775. The summed E-state index contributed by atoms with van der Waals surface area (Å²) in [5.74, 6) is 0.603. The molecule has 0 radical (unpaired) electrons. The van der Waals surface area contributed by atoms with Crippen LogP contribution < -0.4 is 10.6 Å². The molecule has 8 heteroatoms. The smallest absolute Gasteiger partial charge is 0.248 e. The largest absolute Gasteiger partial charge is 0.366 e. The highest BCUT2D eigenvalue weighted by Gasteiger charge is 2.31. The molecule has 1 atom stereocenters. The fourth-order valence-electron chi connectivity index (χ4n) is 4.03. The van der Waals surface area contributed by atoms with Crippen molar-refractivity contribution in [3.63, 3.8) is 0 Å². The number of anilines is 1. The van der Waals surface area contributed by atoms with Crippen molar-refractivity contribution in [2.75, 3.05) is 51.7 Å². The van der Waals surface area contributed by atoms with Gasteiger partial charge in [-0.25, -0.2) is 9.97 Å². The predicted octanol–water partition coefficient (Wildman–Crippen LogP) is 1.33. The summed E-state index contributed by atoms with van der Waals surface area (Å²) in [4.78, 5) is 39.4. The molecule has 2 fully saturated rings. The van der Waals surface area contributed by atoms with Crippen LogP contribution in [0.2, 0.25) is 0 Å². The van der Waals surface area contributed by atoms with E-state index in [4.69, 9.17) is 10.7 Å². The molecule has 2 aliphatic heterocycles. The first-order valence-electron chi connectivity index (χ1n) is 10.4. The van der Waals surface area contributed by atoms with Crippen molar-refractivity contribution in [3.8, 4) is 11.1 Å². The highest BCUT2D eigenvalue weighted by atomic mass is 16.2. The molecule has 0 bridgehead atoms. The van der Waals surface area contributed by atoms with Crippen LogP contribution in [-0.2, 0) is 4.79 Å². The summed E-state index contributed by atoms with van der Waals surface area (Å²) in [6.45, 7) is 3.88. The third kappa shape index (κ3) is 4.14. The lowest BCUT2D eigenvalue weighted by atomic mass is 9.95. The fourth-order valence-corrected chi connectivity index (χ4v) is 4.03. The summed E-state index contributed by atoms with van der Waals surface area (Å²) in [7, 11) is 3.83. The van der Waals surface area contributed by atoms with Gasteiger partial charge in [0.25, 0.3) is 0 Å². The van der Waals surface area contributed by atoms with Crippen molar-refractivity contribution in [2.45, 2.75) is 18.8 Å². The standard InChI is InChI=1S/C22H28N6O2/c1-26(2)22-24-12-18(15-5-3-6-16(11-15)21(23)30)20(25-22)17-7-10-27(13-17)14-19(29)28-8-4-9-28/h3,5-6,11-12,17H,4,7-10,13-14H2,1-2H3,(H2,23,30). The minimum absolute atomic E-state index is 0.197. The molecule has 158 valence electrons. The lowest BCUT2D eigenvalue weighted by molar-refractivity contribution is -0.135. The van der Waals surface area contributed by atoms with Crippen molar-refractivity contribution in [1.29, 1.82) is 0 Å². The van der Waals surface area contributed by atoms with Crippen molar-refractivity contribution in [3.05, 3.63) is 41.7 Å². The van der Waals surface area contributed by atoms with E-state index in [9.17, 15) is 9.59 Å². The molecule has 30 heavy (non-hydrogen) atoms. The summed E-state index contributed by atoms with van der Waals surface area (Å²) in [5.41, 5.74) is 8.67. The topological polar surface area (TPSA) is 95.7 Å². The maximum absolute atomic E-state index is 12.4. The number of rotatable bonds is 6. The maximum atomic E-state index is 12.4. The van der Waals surface area contributed by atoms with Crippen molar-refractivity contribution >= 4 is 17.8 Å². The van der Waals surface area contributed by atoms with Crippen LogP contribution in [0.1, 0.15) is 34.8 Å². The van der Waals surface area contributed by atoms with Gasteiger partial charge >= 0.3 is 0 Å². The van der Waals surface area contributed by atoms with Crippen molar-refractivity contribution < 1.29 is 9.59 Å². The number of likely N-dealkylation sites (tertiary alicyclic amines) is 2. The third-order valence-corrected chi connectivity index (χ3v) is 5.89. The number of carbonyl (C=O) groups excluding carboxylic acids is 2. The van der Waals surface area contributed by atoms with Gasteiger partial charge in [0.05, 0.1) is 12.2 Å². The monoisotopic (exact) mass is 408 g/mol. The number of carbonyl (C=O) groups is 2. The second-order valence-electron chi connectivity index (χ2n) is 8.26. The van der Waals surface area contributed by atoms with Gasteiger partial charge in [-0.15, -0.1) is 0 Å². The molecule has 2 aliphatic rings. The van der Waals surface area contributed by atoms with Gasteiger partial charge in [0, 0.05) is 57.0 Å². The molecule has 1 unspecified atom stereocenters. The minimum atomic E-state index is -0.458. The zero-order valence-corrected chi connectivity index (χ0v) is 17.5. The number of nitrogens with zero attached hydrogens (tertiary/aromatic N) is 5. The van der Waals surface area contributed by atoms with Gasteiger partial charge in [0.1, 0.15) is 0 Å². The van der Waals surface area contributed by atoms with E-state index in [-0.39, 0.29) is 11.8 Å².